The molecule has 0 aliphatic carbocycles. The minimum absolute atomic E-state index is 0.542. The van der Waals surface area contributed by atoms with Gasteiger partial charge in [0.2, 0.25) is 0 Å². The second-order valence-electron chi connectivity index (χ2n) is 5.69. The average Bonchev–Trinajstić information content (AvgIpc) is 2.14. The molecule has 1 rings (SSSR count). The lowest BCUT2D eigenvalue weighted by Gasteiger charge is -2.35. The molecule has 1 aromatic rings. The fourth-order valence-electron chi connectivity index (χ4n) is 1.45. The molecule has 0 saturated heterocycles. The summed E-state index contributed by atoms with van der Waals surface area (Å²) < 4.78 is 10.7. The fourth-order valence-corrected chi connectivity index (χ4v) is 3.50. The van der Waals surface area contributed by atoms with Gasteiger partial charge in [-0.2, -0.15) is 0 Å². The van der Waals surface area contributed by atoms with Crippen LogP contribution in [0.1, 0.15) is 27.7 Å². The fraction of sp³-hybridized carbons (Fsp3) is 0.538. The smallest absolute Gasteiger partial charge is 0.151 e. The van der Waals surface area contributed by atoms with Gasteiger partial charge in [-0.1, -0.05) is 18.2 Å². The molecule has 0 amide bonds. The Morgan fingerprint density at radius 1 is 1.06 bits per heavy atom. The zero-order chi connectivity index (χ0) is 14.0. The number of hydrogen-bond acceptors (Lipinski definition) is 4. The second kappa shape index (κ2) is 5.04. The van der Waals surface area contributed by atoms with Gasteiger partial charge in [-0.25, -0.2) is 4.74 Å². The summed E-state index contributed by atoms with van der Waals surface area (Å²) in [6.45, 7) is 9.53. The Kier molecular flexibility index (Phi) is 4.26. The van der Waals surface area contributed by atoms with Gasteiger partial charge in [-0.15, -0.1) is 0 Å². The van der Waals surface area contributed by atoms with Crippen LogP contribution in [0.15, 0.2) is 35.1 Å². The Morgan fingerprint density at radius 3 is 1.94 bits per heavy atom. The van der Waals surface area contributed by atoms with Crippen molar-refractivity contribution in [2.45, 2.75) is 38.6 Å². The number of para-hydroxylation sites is 1. The molecule has 4 N–H and O–H groups in total. The van der Waals surface area contributed by atoms with Gasteiger partial charge in [-0.3, -0.25) is 0 Å². The van der Waals surface area contributed by atoms with Crippen LogP contribution >= 0.6 is 7.28 Å². The van der Waals surface area contributed by atoms with E-state index in [1.54, 1.807) is 0 Å². The first-order valence-corrected chi connectivity index (χ1v) is 8.08. The molecule has 102 valence electrons. The van der Waals surface area contributed by atoms with Crippen LogP contribution in [0.3, 0.4) is 0 Å². The van der Waals surface area contributed by atoms with E-state index >= 15 is 0 Å². The molecule has 5 heteroatoms. The molecular formula is C13H24N3OP. The quantitative estimate of drug-likeness (QED) is 0.824. The summed E-state index contributed by atoms with van der Waals surface area (Å²) in [4.78, 5) is 0. The van der Waals surface area contributed by atoms with Gasteiger partial charge < -0.3 is 16.0 Å². The SMILES string of the molecule is CC(C)(N)N=P(C)(Oc1ccccc1)C(C)(C)N. The average molecular weight is 269 g/mol. The van der Waals surface area contributed by atoms with Crippen LogP contribution < -0.4 is 16.0 Å². The molecule has 0 bridgehead atoms. The first-order valence-electron chi connectivity index (χ1n) is 5.97. The van der Waals surface area contributed by atoms with Crippen molar-refractivity contribution < 1.29 is 4.52 Å². The summed E-state index contributed by atoms with van der Waals surface area (Å²) in [6, 6.07) is 9.61. The third-order valence-electron chi connectivity index (χ3n) is 2.54. The Bertz CT molecular complexity index is 444. The molecule has 0 radical (unpaired) electrons. The minimum Gasteiger partial charge on any atom is -0.458 e. The highest BCUT2D eigenvalue weighted by Crippen LogP contribution is 2.56. The van der Waals surface area contributed by atoms with Crippen LogP contribution in [0.25, 0.3) is 0 Å². The summed E-state index contributed by atoms with van der Waals surface area (Å²) in [5, 5.41) is -0.542. The first kappa shape index (κ1) is 15.2. The van der Waals surface area contributed by atoms with Crippen LogP contribution in [0.5, 0.6) is 5.75 Å². The highest BCUT2D eigenvalue weighted by atomic mass is 31.2. The van der Waals surface area contributed by atoms with E-state index < -0.39 is 18.2 Å². The normalized spacial score (nSPS) is 15.9. The van der Waals surface area contributed by atoms with E-state index in [9.17, 15) is 0 Å². The topological polar surface area (TPSA) is 73.6 Å². The Hall–Kier alpha value is -0.830. The first-order chi connectivity index (χ1) is 8.04. The van der Waals surface area contributed by atoms with E-state index in [0.29, 0.717) is 0 Å². The molecule has 0 spiro atoms. The predicted molar refractivity (Wildman–Crippen MR) is 78.9 cm³/mol. The number of nitrogens with zero attached hydrogens (tertiary/aromatic N) is 1. The van der Waals surface area contributed by atoms with Crippen LogP contribution in [0, 0.1) is 0 Å². The zero-order valence-corrected chi connectivity index (χ0v) is 12.7. The van der Waals surface area contributed by atoms with Crippen LogP contribution in [0.2, 0.25) is 0 Å². The predicted octanol–water partition coefficient (Wildman–Crippen LogP) is 3.20. The molecule has 1 aromatic carbocycles. The standard InChI is InChI=1S/C13H24N3OP/c1-12(2,14)16-18(5,13(3,4)15)17-11-9-7-6-8-10-11/h6-10H,14-15H2,1-5H3. The second-order valence-corrected chi connectivity index (χ2v) is 8.98. The molecule has 4 nitrogen and oxygen atoms in total. The van der Waals surface area contributed by atoms with Crippen molar-refractivity contribution in [1.29, 1.82) is 0 Å². The van der Waals surface area contributed by atoms with Crippen molar-refractivity contribution in [3.63, 3.8) is 0 Å². The van der Waals surface area contributed by atoms with Crippen molar-refractivity contribution in [3.8, 4) is 5.75 Å². The third kappa shape index (κ3) is 4.13. The molecule has 18 heavy (non-hydrogen) atoms. The van der Waals surface area contributed by atoms with E-state index in [-0.39, 0.29) is 0 Å². The summed E-state index contributed by atoms with van der Waals surface area (Å²) in [7, 11) is -2.22. The van der Waals surface area contributed by atoms with E-state index in [0.717, 1.165) is 5.75 Å². The van der Waals surface area contributed by atoms with Gasteiger partial charge in [0.1, 0.15) is 11.4 Å². The molecule has 0 heterocycles. The van der Waals surface area contributed by atoms with Gasteiger partial charge in [-0.05, 0) is 39.8 Å². The Balaban J connectivity index is 3.20. The molecular weight excluding hydrogens is 245 g/mol. The lowest BCUT2D eigenvalue weighted by molar-refractivity contribution is 0.509. The maximum Gasteiger partial charge on any atom is 0.151 e. The Morgan fingerprint density at radius 2 is 1.56 bits per heavy atom. The maximum absolute atomic E-state index is 6.24. The van der Waals surface area contributed by atoms with Crippen LogP contribution in [-0.2, 0) is 0 Å². The molecule has 0 fully saturated rings. The summed E-state index contributed by atoms with van der Waals surface area (Å²) in [5.41, 5.74) is 11.6. The molecule has 0 aromatic heterocycles. The van der Waals surface area contributed by atoms with Gasteiger partial charge in [0, 0.05) is 6.66 Å². The maximum atomic E-state index is 6.24. The van der Waals surface area contributed by atoms with Crippen molar-refractivity contribution in [2.75, 3.05) is 6.66 Å². The summed E-state index contributed by atoms with van der Waals surface area (Å²) >= 11 is 0. The lowest BCUT2D eigenvalue weighted by atomic mass is 10.3. The molecule has 1 unspecified atom stereocenters. The minimum atomic E-state index is -2.22. The number of nitrogens with two attached hydrogens (primary N) is 2. The number of hydrogen-bond donors (Lipinski definition) is 2. The Labute approximate surface area is 110 Å². The number of benzene rings is 1. The van der Waals surface area contributed by atoms with Crippen molar-refractivity contribution in [3.05, 3.63) is 30.3 Å². The van der Waals surface area contributed by atoms with E-state index in [2.05, 4.69) is 4.74 Å². The van der Waals surface area contributed by atoms with Gasteiger partial charge in [0.15, 0.2) is 7.28 Å². The third-order valence-corrected chi connectivity index (χ3v) is 6.15. The highest BCUT2D eigenvalue weighted by Gasteiger charge is 2.34. The van der Waals surface area contributed by atoms with Crippen LogP contribution in [0.4, 0.5) is 0 Å². The van der Waals surface area contributed by atoms with E-state index in [1.165, 1.54) is 0 Å². The molecule has 0 aliphatic heterocycles. The highest BCUT2D eigenvalue weighted by molar-refractivity contribution is 7.62. The van der Waals surface area contributed by atoms with Crippen molar-refractivity contribution in [2.24, 2.45) is 16.2 Å². The van der Waals surface area contributed by atoms with Crippen molar-refractivity contribution >= 4 is 7.28 Å². The van der Waals surface area contributed by atoms with Gasteiger partial charge in [0.05, 0.1) is 5.28 Å². The molecule has 1 atom stereocenters. The molecule has 0 saturated carbocycles. The molecule has 0 aliphatic rings. The van der Waals surface area contributed by atoms with Crippen molar-refractivity contribution in [1.82, 2.24) is 0 Å². The van der Waals surface area contributed by atoms with E-state index in [1.807, 2.05) is 64.7 Å². The van der Waals surface area contributed by atoms with Gasteiger partial charge >= 0.3 is 0 Å². The van der Waals surface area contributed by atoms with Crippen LogP contribution in [-0.4, -0.2) is 17.6 Å². The summed E-state index contributed by atoms with van der Waals surface area (Å²) in [6.07, 6.45) is 0. The van der Waals surface area contributed by atoms with Gasteiger partial charge in [0.25, 0.3) is 0 Å². The number of rotatable bonds is 4. The lowest BCUT2D eigenvalue weighted by Crippen LogP contribution is -2.37. The van der Waals surface area contributed by atoms with E-state index in [4.69, 9.17) is 16.0 Å². The summed E-state index contributed by atoms with van der Waals surface area (Å²) in [5.74, 6) is 0.778. The monoisotopic (exact) mass is 269 g/mol. The largest absolute Gasteiger partial charge is 0.458 e. The zero-order valence-electron chi connectivity index (χ0n) is 11.8.